The van der Waals surface area contributed by atoms with Crippen LogP contribution in [0.1, 0.15) is 12.1 Å². The van der Waals surface area contributed by atoms with E-state index >= 15 is 0 Å². The van der Waals surface area contributed by atoms with Crippen LogP contribution >= 0.6 is 0 Å². The molecule has 2 aromatic heterocycles. The maximum Gasteiger partial charge on any atom is 0.245 e. The molecule has 0 amide bonds. The number of fused-ring (bicyclic) bond motifs is 1. The van der Waals surface area contributed by atoms with Gasteiger partial charge >= 0.3 is 0 Å². The largest absolute Gasteiger partial charge is 0.338 e. The Morgan fingerprint density at radius 3 is 3.00 bits per heavy atom. The van der Waals surface area contributed by atoms with E-state index in [0.717, 1.165) is 36.8 Å². The van der Waals surface area contributed by atoms with Gasteiger partial charge < -0.3 is 10.2 Å². The van der Waals surface area contributed by atoms with Crippen LogP contribution in [0.4, 0.5) is 5.95 Å². The Morgan fingerprint density at radius 2 is 2.29 bits per heavy atom. The van der Waals surface area contributed by atoms with Crippen LogP contribution in [0.3, 0.4) is 0 Å². The molecule has 0 aromatic carbocycles. The molecule has 1 N–H and O–H groups in total. The second-order valence-corrected chi connectivity index (χ2v) is 4.57. The van der Waals surface area contributed by atoms with Crippen molar-refractivity contribution >= 4 is 11.6 Å². The summed E-state index contributed by atoms with van der Waals surface area (Å²) in [6.45, 7) is 4.07. The SMILES string of the molecule is CNC1CCN(c2nc3cccc(C)n3n2)C1. The third-order valence-electron chi connectivity index (χ3n) is 3.42. The van der Waals surface area contributed by atoms with Crippen molar-refractivity contribution in [3.05, 3.63) is 23.9 Å². The lowest BCUT2D eigenvalue weighted by atomic mass is 10.3. The molecule has 1 aliphatic heterocycles. The molecule has 1 unspecified atom stereocenters. The fourth-order valence-corrected chi connectivity index (χ4v) is 2.34. The van der Waals surface area contributed by atoms with E-state index in [1.807, 2.05) is 36.7 Å². The number of hydrogen-bond donors (Lipinski definition) is 1. The van der Waals surface area contributed by atoms with Gasteiger partial charge in [0.1, 0.15) is 0 Å². The maximum absolute atomic E-state index is 4.57. The van der Waals surface area contributed by atoms with Crippen LogP contribution in [-0.2, 0) is 0 Å². The van der Waals surface area contributed by atoms with Gasteiger partial charge in [0.2, 0.25) is 5.95 Å². The zero-order chi connectivity index (χ0) is 11.8. The number of anilines is 1. The Bertz CT molecular complexity index is 533. The number of hydrogen-bond acceptors (Lipinski definition) is 4. The van der Waals surface area contributed by atoms with Crippen LogP contribution in [-0.4, -0.2) is 40.8 Å². The quantitative estimate of drug-likeness (QED) is 0.832. The zero-order valence-electron chi connectivity index (χ0n) is 10.2. The second kappa shape index (κ2) is 4.00. The van der Waals surface area contributed by atoms with Gasteiger partial charge in [0.05, 0.1) is 0 Å². The van der Waals surface area contributed by atoms with Crippen LogP contribution in [0, 0.1) is 6.92 Å². The Kier molecular flexibility index (Phi) is 2.48. The van der Waals surface area contributed by atoms with Crippen LogP contribution in [0.15, 0.2) is 18.2 Å². The highest BCUT2D eigenvalue weighted by Crippen LogP contribution is 2.17. The van der Waals surface area contributed by atoms with Gasteiger partial charge in [-0.1, -0.05) is 6.07 Å². The highest BCUT2D eigenvalue weighted by molar-refractivity contribution is 5.46. The Balaban J connectivity index is 1.94. The topological polar surface area (TPSA) is 45.5 Å². The summed E-state index contributed by atoms with van der Waals surface area (Å²) < 4.78 is 1.90. The average molecular weight is 231 g/mol. The van der Waals surface area contributed by atoms with Crippen LogP contribution < -0.4 is 10.2 Å². The molecule has 0 radical (unpaired) electrons. The lowest BCUT2D eigenvalue weighted by Crippen LogP contribution is -2.29. The van der Waals surface area contributed by atoms with Crippen molar-refractivity contribution in [3.63, 3.8) is 0 Å². The van der Waals surface area contributed by atoms with Crippen LogP contribution in [0.2, 0.25) is 0 Å². The van der Waals surface area contributed by atoms with E-state index in [0.29, 0.717) is 6.04 Å². The van der Waals surface area contributed by atoms with E-state index in [-0.39, 0.29) is 0 Å². The molecule has 0 aliphatic carbocycles. The smallest absolute Gasteiger partial charge is 0.245 e. The molecule has 1 atom stereocenters. The molecule has 90 valence electrons. The summed E-state index contributed by atoms with van der Waals surface area (Å²) in [5, 5.41) is 7.87. The molecule has 17 heavy (non-hydrogen) atoms. The minimum Gasteiger partial charge on any atom is -0.338 e. The fourth-order valence-electron chi connectivity index (χ4n) is 2.34. The third-order valence-corrected chi connectivity index (χ3v) is 3.42. The molecule has 1 aliphatic rings. The van der Waals surface area contributed by atoms with Crippen LogP contribution in [0.5, 0.6) is 0 Å². The lowest BCUT2D eigenvalue weighted by molar-refractivity contribution is 0.616. The summed E-state index contributed by atoms with van der Waals surface area (Å²) in [6, 6.07) is 6.62. The van der Waals surface area contributed by atoms with Crippen molar-refractivity contribution in [1.29, 1.82) is 0 Å². The van der Waals surface area contributed by atoms with Crippen LogP contribution in [0.25, 0.3) is 5.65 Å². The first-order chi connectivity index (χ1) is 8.28. The van der Waals surface area contributed by atoms with E-state index in [4.69, 9.17) is 0 Å². The molecule has 1 saturated heterocycles. The highest BCUT2D eigenvalue weighted by Gasteiger charge is 2.24. The van der Waals surface area contributed by atoms with Crippen molar-refractivity contribution in [1.82, 2.24) is 19.9 Å². The van der Waals surface area contributed by atoms with E-state index in [1.165, 1.54) is 0 Å². The molecular formula is C12H17N5. The normalized spacial score (nSPS) is 20.4. The number of aryl methyl sites for hydroxylation is 1. The fraction of sp³-hybridized carbons (Fsp3) is 0.500. The maximum atomic E-state index is 4.57. The van der Waals surface area contributed by atoms with Gasteiger partial charge in [-0.3, -0.25) is 0 Å². The summed E-state index contributed by atoms with van der Waals surface area (Å²) in [4.78, 5) is 6.82. The summed E-state index contributed by atoms with van der Waals surface area (Å²) >= 11 is 0. The first-order valence-corrected chi connectivity index (χ1v) is 6.02. The standard InChI is InChI=1S/C12H17N5/c1-9-4-3-5-11-14-12(15-17(9)11)16-7-6-10(8-16)13-2/h3-5,10,13H,6-8H2,1-2H3. The zero-order valence-corrected chi connectivity index (χ0v) is 10.2. The molecule has 3 rings (SSSR count). The number of aromatic nitrogens is 3. The molecule has 2 aromatic rings. The molecule has 1 fully saturated rings. The predicted octanol–water partition coefficient (Wildman–Crippen LogP) is 0.836. The Hall–Kier alpha value is -1.62. The number of nitrogens with one attached hydrogen (secondary N) is 1. The van der Waals surface area contributed by atoms with Gasteiger partial charge in [-0.2, -0.15) is 4.98 Å². The van der Waals surface area contributed by atoms with E-state index in [1.54, 1.807) is 0 Å². The van der Waals surface area contributed by atoms with E-state index < -0.39 is 0 Å². The minimum atomic E-state index is 0.558. The van der Waals surface area contributed by atoms with Crippen molar-refractivity contribution in [2.75, 3.05) is 25.0 Å². The second-order valence-electron chi connectivity index (χ2n) is 4.57. The van der Waals surface area contributed by atoms with Gasteiger partial charge in [-0.05, 0) is 32.5 Å². The number of likely N-dealkylation sites (N-methyl/N-ethyl adjacent to an activating group) is 1. The van der Waals surface area contributed by atoms with Gasteiger partial charge in [-0.25, -0.2) is 4.52 Å². The molecule has 0 bridgehead atoms. The summed E-state index contributed by atoms with van der Waals surface area (Å²) in [7, 11) is 2.01. The van der Waals surface area contributed by atoms with Gasteiger partial charge in [0, 0.05) is 24.8 Å². The average Bonchev–Trinajstić information content (AvgIpc) is 2.95. The third kappa shape index (κ3) is 1.76. The summed E-state index contributed by atoms with van der Waals surface area (Å²) in [5.74, 6) is 0.844. The molecule has 0 saturated carbocycles. The van der Waals surface area contributed by atoms with Crippen molar-refractivity contribution < 1.29 is 0 Å². The van der Waals surface area contributed by atoms with Gasteiger partial charge in [-0.15, -0.1) is 5.10 Å². The van der Waals surface area contributed by atoms with E-state index in [9.17, 15) is 0 Å². The first-order valence-electron chi connectivity index (χ1n) is 6.02. The number of pyridine rings is 1. The predicted molar refractivity (Wildman–Crippen MR) is 67.4 cm³/mol. The lowest BCUT2D eigenvalue weighted by Gasteiger charge is -2.13. The Labute approximate surface area is 100 Å². The van der Waals surface area contributed by atoms with E-state index in [2.05, 4.69) is 20.3 Å². The first kappa shape index (κ1) is 10.5. The molecule has 5 nitrogen and oxygen atoms in total. The minimum absolute atomic E-state index is 0.558. The van der Waals surface area contributed by atoms with Crippen molar-refractivity contribution in [3.8, 4) is 0 Å². The highest BCUT2D eigenvalue weighted by atomic mass is 15.4. The molecule has 5 heteroatoms. The number of nitrogens with zero attached hydrogens (tertiary/aromatic N) is 4. The Morgan fingerprint density at radius 1 is 1.41 bits per heavy atom. The summed E-state index contributed by atoms with van der Waals surface area (Å²) in [5.41, 5.74) is 2.04. The molecule has 0 spiro atoms. The monoisotopic (exact) mass is 231 g/mol. The molecule has 3 heterocycles. The molecular weight excluding hydrogens is 214 g/mol. The summed E-state index contributed by atoms with van der Waals surface area (Å²) in [6.07, 6.45) is 1.16. The van der Waals surface area contributed by atoms with Crippen molar-refractivity contribution in [2.45, 2.75) is 19.4 Å². The van der Waals surface area contributed by atoms with Gasteiger partial charge in [0.15, 0.2) is 5.65 Å². The van der Waals surface area contributed by atoms with Gasteiger partial charge in [0.25, 0.3) is 0 Å². The number of rotatable bonds is 2. The van der Waals surface area contributed by atoms with Crippen molar-refractivity contribution in [2.24, 2.45) is 0 Å².